The quantitative estimate of drug-likeness (QED) is 0.781. The van der Waals surface area contributed by atoms with E-state index in [-0.39, 0.29) is 0 Å². The smallest absolute Gasteiger partial charge is 0.0363 e. The number of hydrogen-bond donors (Lipinski definition) is 1. The molecule has 0 aliphatic carbocycles. The highest BCUT2D eigenvalue weighted by atomic mass is 79.9. The Kier molecular flexibility index (Phi) is 5.81. The van der Waals surface area contributed by atoms with Crippen LogP contribution in [0, 0.1) is 6.92 Å². The molecule has 2 rings (SSSR count). The minimum absolute atomic E-state index is 0.370. The second-order valence-corrected chi connectivity index (χ2v) is 6.11. The lowest BCUT2D eigenvalue weighted by atomic mass is 9.95. The summed E-state index contributed by atoms with van der Waals surface area (Å²) in [4.78, 5) is 0. The van der Waals surface area contributed by atoms with Crippen molar-refractivity contribution in [2.24, 2.45) is 0 Å². The first-order chi connectivity index (χ1) is 9.70. The lowest BCUT2D eigenvalue weighted by molar-refractivity contribution is 0.527. The summed E-state index contributed by atoms with van der Waals surface area (Å²) in [6, 6.07) is 17.6. The Hall–Kier alpha value is -1.12. The van der Waals surface area contributed by atoms with E-state index in [2.05, 4.69) is 83.6 Å². The standard InChI is InChI=1S/C18H22BrN/c1-3-11-20-18(12-15-7-5-4-6-8-15)17-13-16(19)10-9-14(17)2/h4-10,13,18,20H,3,11-12H2,1-2H3. The van der Waals surface area contributed by atoms with Crippen molar-refractivity contribution in [2.45, 2.75) is 32.7 Å². The monoisotopic (exact) mass is 331 g/mol. The molecule has 1 N–H and O–H groups in total. The maximum absolute atomic E-state index is 3.68. The van der Waals surface area contributed by atoms with Crippen LogP contribution in [0.5, 0.6) is 0 Å². The van der Waals surface area contributed by atoms with Crippen LogP contribution in [-0.2, 0) is 6.42 Å². The van der Waals surface area contributed by atoms with Crippen LogP contribution in [0.4, 0.5) is 0 Å². The van der Waals surface area contributed by atoms with Gasteiger partial charge in [0.25, 0.3) is 0 Å². The van der Waals surface area contributed by atoms with E-state index < -0.39 is 0 Å². The lowest BCUT2D eigenvalue weighted by Gasteiger charge is -2.21. The molecule has 0 aromatic heterocycles. The molecule has 0 amide bonds. The van der Waals surface area contributed by atoms with Crippen molar-refractivity contribution in [2.75, 3.05) is 6.54 Å². The molecule has 1 unspecified atom stereocenters. The fraction of sp³-hybridized carbons (Fsp3) is 0.333. The number of aryl methyl sites for hydroxylation is 1. The zero-order valence-electron chi connectivity index (χ0n) is 12.2. The summed E-state index contributed by atoms with van der Waals surface area (Å²) in [7, 11) is 0. The Labute approximate surface area is 130 Å². The maximum atomic E-state index is 3.68. The molecular weight excluding hydrogens is 310 g/mol. The Balaban J connectivity index is 2.24. The molecule has 2 heteroatoms. The van der Waals surface area contributed by atoms with Crippen LogP contribution in [0.3, 0.4) is 0 Å². The van der Waals surface area contributed by atoms with Gasteiger partial charge in [0.05, 0.1) is 0 Å². The second kappa shape index (κ2) is 7.61. The van der Waals surface area contributed by atoms with Crippen LogP contribution in [0.2, 0.25) is 0 Å². The van der Waals surface area contributed by atoms with Crippen molar-refractivity contribution >= 4 is 15.9 Å². The summed E-state index contributed by atoms with van der Waals surface area (Å²) in [6.45, 7) is 5.44. The molecule has 0 fully saturated rings. The van der Waals surface area contributed by atoms with Gasteiger partial charge in [-0.1, -0.05) is 59.3 Å². The molecule has 0 aliphatic heterocycles. The number of halogens is 1. The van der Waals surface area contributed by atoms with Crippen LogP contribution in [0.1, 0.15) is 36.1 Å². The highest BCUT2D eigenvalue weighted by molar-refractivity contribution is 9.10. The minimum atomic E-state index is 0.370. The molecule has 20 heavy (non-hydrogen) atoms. The first-order valence-electron chi connectivity index (χ1n) is 7.24. The van der Waals surface area contributed by atoms with Crippen molar-refractivity contribution in [3.8, 4) is 0 Å². The molecule has 0 saturated carbocycles. The molecule has 0 radical (unpaired) electrons. The molecule has 2 aromatic carbocycles. The van der Waals surface area contributed by atoms with E-state index in [0.717, 1.165) is 23.9 Å². The first-order valence-corrected chi connectivity index (χ1v) is 8.03. The summed E-state index contributed by atoms with van der Waals surface area (Å²) in [5.74, 6) is 0. The summed E-state index contributed by atoms with van der Waals surface area (Å²) in [5.41, 5.74) is 4.11. The molecular formula is C18H22BrN. The first kappa shape index (κ1) is 15.3. The summed E-state index contributed by atoms with van der Waals surface area (Å²) in [6.07, 6.45) is 2.18. The van der Waals surface area contributed by atoms with E-state index in [4.69, 9.17) is 0 Å². The normalized spacial score (nSPS) is 12.3. The molecule has 1 atom stereocenters. The Bertz CT molecular complexity index is 536. The zero-order chi connectivity index (χ0) is 14.4. The van der Waals surface area contributed by atoms with Gasteiger partial charge in [0.2, 0.25) is 0 Å². The van der Waals surface area contributed by atoms with E-state index >= 15 is 0 Å². The maximum Gasteiger partial charge on any atom is 0.0363 e. The van der Waals surface area contributed by atoms with Gasteiger partial charge < -0.3 is 5.32 Å². The van der Waals surface area contributed by atoms with Gasteiger partial charge in [-0.15, -0.1) is 0 Å². The molecule has 1 nitrogen and oxygen atoms in total. The average Bonchev–Trinajstić information content (AvgIpc) is 2.47. The molecule has 0 saturated heterocycles. The van der Waals surface area contributed by atoms with Crippen LogP contribution in [0.15, 0.2) is 53.0 Å². The molecule has 0 spiro atoms. The number of rotatable bonds is 6. The molecule has 0 heterocycles. The molecule has 0 bridgehead atoms. The number of hydrogen-bond acceptors (Lipinski definition) is 1. The van der Waals surface area contributed by atoms with Crippen molar-refractivity contribution in [3.05, 3.63) is 69.7 Å². The largest absolute Gasteiger partial charge is 0.310 e. The van der Waals surface area contributed by atoms with Gasteiger partial charge in [0.1, 0.15) is 0 Å². The third-order valence-corrected chi connectivity index (χ3v) is 4.03. The van der Waals surface area contributed by atoms with Crippen LogP contribution < -0.4 is 5.32 Å². The van der Waals surface area contributed by atoms with Crippen molar-refractivity contribution in [3.63, 3.8) is 0 Å². The van der Waals surface area contributed by atoms with Gasteiger partial charge in [-0.3, -0.25) is 0 Å². The Morgan fingerprint density at radius 3 is 2.55 bits per heavy atom. The van der Waals surface area contributed by atoms with Crippen LogP contribution >= 0.6 is 15.9 Å². The SMILES string of the molecule is CCCNC(Cc1ccccc1)c1cc(Br)ccc1C. The van der Waals surface area contributed by atoms with E-state index in [1.54, 1.807) is 0 Å². The number of benzene rings is 2. The third kappa shape index (κ3) is 4.19. The zero-order valence-corrected chi connectivity index (χ0v) is 13.8. The Morgan fingerprint density at radius 1 is 1.10 bits per heavy atom. The van der Waals surface area contributed by atoms with Crippen molar-refractivity contribution < 1.29 is 0 Å². The predicted molar refractivity (Wildman–Crippen MR) is 90.1 cm³/mol. The van der Waals surface area contributed by atoms with Crippen LogP contribution in [-0.4, -0.2) is 6.54 Å². The summed E-state index contributed by atoms with van der Waals surface area (Å²) in [5, 5.41) is 3.68. The van der Waals surface area contributed by atoms with E-state index in [1.807, 2.05) is 0 Å². The van der Waals surface area contributed by atoms with E-state index in [1.165, 1.54) is 16.7 Å². The average molecular weight is 332 g/mol. The predicted octanol–water partition coefficient (Wildman–Crippen LogP) is 5.04. The van der Waals surface area contributed by atoms with Gasteiger partial charge in [-0.2, -0.15) is 0 Å². The van der Waals surface area contributed by atoms with Gasteiger partial charge in [-0.25, -0.2) is 0 Å². The number of nitrogens with one attached hydrogen (secondary N) is 1. The second-order valence-electron chi connectivity index (χ2n) is 5.20. The lowest BCUT2D eigenvalue weighted by Crippen LogP contribution is -2.24. The summed E-state index contributed by atoms with van der Waals surface area (Å²) >= 11 is 3.59. The van der Waals surface area contributed by atoms with Crippen molar-refractivity contribution in [1.82, 2.24) is 5.32 Å². The van der Waals surface area contributed by atoms with E-state index in [9.17, 15) is 0 Å². The molecule has 106 valence electrons. The van der Waals surface area contributed by atoms with Crippen molar-refractivity contribution in [1.29, 1.82) is 0 Å². The molecule has 2 aromatic rings. The third-order valence-electron chi connectivity index (χ3n) is 3.54. The molecule has 0 aliphatic rings. The van der Waals surface area contributed by atoms with Gasteiger partial charge in [0.15, 0.2) is 0 Å². The summed E-state index contributed by atoms with van der Waals surface area (Å²) < 4.78 is 1.15. The van der Waals surface area contributed by atoms with Gasteiger partial charge >= 0.3 is 0 Å². The topological polar surface area (TPSA) is 12.0 Å². The van der Waals surface area contributed by atoms with Crippen LogP contribution in [0.25, 0.3) is 0 Å². The van der Waals surface area contributed by atoms with Gasteiger partial charge in [-0.05, 0) is 55.1 Å². The highest BCUT2D eigenvalue weighted by Crippen LogP contribution is 2.25. The highest BCUT2D eigenvalue weighted by Gasteiger charge is 2.14. The Morgan fingerprint density at radius 2 is 1.85 bits per heavy atom. The van der Waals surface area contributed by atoms with E-state index in [0.29, 0.717) is 6.04 Å². The minimum Gasteiger partial charge on any atom is -0.310 e. The fourth-order valence-corrected chi connectivity index (χ4v) is 2.83. The van der Waals surface area contributed by atoms with Gasteiger partial charge in [0, 0.05) is 10.5 Å². The fourth-order valence-electron chi connectivity index (χ4n) is 2.45.